The number of carbonyl (C=O) groups is 1. The Hall–Kier alpha value is -1.62. The van der Waals surface area contributed by atoms with Crippen molar-refractivity contribution in [2.45, 2.75) is 46.6 Å². The third-order valence-corrected chi connectivity index (χ3v) is 3.19. The van der Waals surface area contributed by atoms with E-state index in [1.807, 2.05) is 33.8 Å². The summed E-state index contributed by atoms with van der Waals surface area (Å²) in [4.78, 5) is 16.5. The van der Waals surface area contributed by atoms with E-state index in [-0.39, 0.29) is 5.91 Å². The molecular formula is C15H24N2O3. The van der Waals surface area contributed by atoms with E-state index in [4.69, 9.17) is 9.47 Å². The molecule has 1 rings (SSSR count). The maximum atomic E-state index is 12.3. The molecule has 0 radical (unpaired) electrons. The first-order valence-electron chi connectivity index (χ1n) is 7.01. The molecule has 0 spiro atoms. The Morgan fingerprint density at radius 1 is 1.35 bits per heavy atom. The van der Waals surface area contributed by atoms with Crippen LogP contribution < -0.4 is 10.1 Å². The molecule has 1 aromatic rings. The summed E-state index contributed by atoms with van der Waals surface area (Å²) in [7, 11) is 0. The molecule has 0 fully saturated rings. The molecule has 5 heteroatoms. The maximum absolute atomic E-state index is 12.3. The van der Waals surface area contributed by atoms with E-state index in [0.717, 1.165) is 5.56 Å². The fourth-order valence-corrected chi connectivity index (χ4v) is 1.83. The quantitative estimate of drug-likeness (QED) is 0.834. The minimum Gasteiger partial charge on any atom is -0.478 e. The van der Waals surface area contributed by atoms with E-state index < -0.39 is 5.60 Å². The van der Waals surface area contributed by atoms with Crippen molar-refractivity contribution in [1.82, 2.24) is 4.98 Å². The highest BCUT2D eigenvalue weighted by molar-refractivity contribution is 5.97. The van der Waals surface area contributed by atoms with Gasteiger partial charge in [-0.15, -0.1) is 0 Å². The molecule has 0 aromatic carbocycles. The summed E-state index contributed by atoms with van der Waals surface area (Å²) in [6, 6.07) is 1.85. The summed E-state index contributed by atoms with van der Waals surface area (Å²) in [5, 5.41) is 2.85. The summed E-state index contributed by atoms with van der Waals surface area (Å²) in [6.07, 6.45) is 2.20. The molecule has 20 heavy (non-hydrogen) atoms. The van der Waals surface area contributed by atoms with Crippen LogP contribution in [-0.2, 0) is 9.53 Å². The van der Waals surface area contributed by atoms with Gasteiger partial charge in [0.25, 0.3) is 5.91 Å². The Morgan fingerprint density at radius 2 is 2.05 bits per heavy atom. The fraction of sp³-hybridized carbons (Fsp3) is 0.600. The van der Waals surface area contributed by atoms with Gasteiger partial charge in [-0.2, -0.15) is 0 Å². The second-order valence-corrected chi connectivity index (χ2v) is 4.75. The average Bonchev–Trinajstić information content (AvgIpc) is 2.42. The van der Waals surface area contributed by atoms with E-state index in [0.29, 0.717) is 31.2 Å². The molecule has 112 valence electrons. The van der Waals surface area contributed by atoms with Crippen molar-refractivity contribution in [1.29, 1.82) is 0 Å². The van der Waals surface area contributed by atoms with E-state index >= 15 is 0 Å². The number of nitrogens with zero attached hydrogens (tertiary/aromatic N) is 1. The smallest absolute Gasteiger partial charge is 0.256 e. The zero-order valence-electron chi connectivity index (χ0n) is 12.9. The molecule has 1 atom stereocenters. The fourth-order valence-electron chi connectivity index (χ4n) is 1.83. The van der Waals surface area contributed by atoms with Crippen LogP contribution in [0.3, 0.4) is 0 Å². The molecule has 0 aliphatic carbocycles. The summed E-state index contributed by atoms with van der Waals surface area (Å²) in [6.45, 7) is 10.5. The van der Waals surface area contributed by atoms with Gasteiger partial charge in [0, 0.05) is 12.2 Å². The van der Waals surface area contributed by atoms with E-state index in [1.54, 1.807) is 13.1 Å². The van der Waals surface area contributed by atoms with Crippen LogP contribution >= 0.6 is 0 Å². The number of pyridine rings is 1. The van der Waals surface area contributed by atoms with Crippen LogP contribution in [0, 0.1) is 6.92 Å². The van der Waals surface area contributed by atoms with Crippen molar-refractivity contribution in [2.75, 3.05) is 18.5 Å². The number of hydrogen-bond acceptors (Lipinski definition) is 4. The lowest BCUT2D eigenvalue weighted by Gasteiger charge is -2.26. The first-order chi connectivity index (χ1) is 9.46. The summed E-state index contributed by atoms with van der Waals surface area (Å²) >= 11 is 0. The zero-order valence-corrected chi connectivity index (χ0v) is 12.9. The van der Waals surface area contributed by atoms with Crippen molar-refractivity contribution >= 4 is 11.6 Å². The minimum absolute atomic E-state index is 0.160. The predicted molar refractivity (Wildman–Crippen MR) is 79.1 cm³/mol. The topological polar surface area (TPSA) is 60.5 Å². The largest absolute Gasteiger partial charge is 0.478 e. The van der Waals surface area contributed by atoms with Crippen LogP contribution in [0.1, 0.15) is 39.7 Å². The monoisotopic (exact) mass is 280 g/mol. The Balaban J connectivity index is 2.82. The van der Waals surface area contributed by atoms with Gasteiger partial charge < -0.3 is 14.8 Å². The Kier molecular flexibility index (Phi) is 5.95. The first-order valence-corrected chi connectivity index (χ1v) is 7.01. The average molecular weight is 280 g/mol. The van der Waals surface area contributed by atoms with E-state index in [2.05, 4.69) is 10.3 Å². The van der Waals surface area contributed by atoms with Crippen LogP contribution in [0.2, 0.25) is 0 Å². The third kappa shape index (κ3) is 3.93. The minimum atomic E-state index is -0.818. The van der Waals surface area contributed by atoms with Gasteiger partial charge in [-0.1, -0.05) is 6.92 Å². The van der Waals surface area contributed by atoms with Crippen molar-refractivity contribution in [3.05, 3.63) is 17.8 Å². The van der Waals surface area contributed by atoms with Crippen molar-refractivity contribution in [2.24, 2.45) is 0 Å². The van der Waals surface area contributed by atoms with Gasteiger partial charge in [0.15, 0.2) is 0 Å². The molecule has 1 aromatic heterocycles. The van der Waals surface area contributed by atoms with Crippen LogP contribution in [0.25, 0.3) is 0 Å². The Labute approximate surface area is 120 Å². The third-order valence-electron chi connectivity index (χ3n) is 3.19. The summed E-state index contributed by atoms with van der Waals surface area (Å²) in [5.74, 6) is 0.431. The molecule has 1 heterocycles. The molecule has 0 saturated carbocycles. The number of anilines is 1. The highest BCUT2D eigenvalue weighted by atomic mass is 16.5. The van der Waals surface area contributed by atoms with E-state index in [9.17, 15) is 4.79 Å². The number of aromatic nitrogens is 1. The van der Waals surface area contributed by atoms with Gasteiger partial charge in [0.2, 0.25) is 5.88 Å². The van der Waals surface area contributed by atoms with Crippen molar-refractivity contribution in [3.63, 3.8) is 0 Å². The van der Waals surface area contributed by atoms with Crippen LogP contribution in [-0.4, -0.2) is 29.7 Å². The molecule has 0 aliphatic heterocycles. The van der Waals surface area contributed by atoms with Crippen molar-refractivity contribution in [3.8, 4) is 5.88 Å². The highest BCUT2D eigenvalue weighted by Gasteiger charge is 2.31. The standard InChI is InChI=1S/C15H24N2O3/c1-6-15(5,20-8-3)14(18)17-12-9-11(4)13(16-10-12)19-7-2/h9-10H,6-8H2,1-5H3,(H,17,18). The highest BCUT2D eigenvalue weighted by Crippen LogP contribution is 2.21. The molecule has 1 unspecified atom stereocenters. The summed E-state index contributed by atoms with van der Waals surface area (Å²) in [5.41, 5.74) is 0.718. The molecule has 0 aliphatic rings. The van der Waals surface area contributed by atoms with E-state index in [1.165, 1.54) is 0 Å². The van der Waals surface area contributed by atoms with Crippen LogP contribution in [0.15, 0.2) is 12.3 Å². The lowest BCUT2D eigenvalue weighted by Crippen LogP contribution is -2.42. The lowest BCUT2D eigenvalue weighted by molar-refractivity contribution is -0.139. The molecular weight excluding hydrogens is 256 g/mol. The van der Waals surface area contributed by atoms with Crippen LogP contribution in [0.4, 0.5) is 5.69 Å². The van der Waals surface area contributed by atoms with Gasteiger partial charge >= 0.3 is 0 Å². The predicted octanol–water partition coefficient (Wildman–Crippen LogP) is 2.93. The van der Waals surface area contributed by atoms with Gasteiger partial charge in [-0.05, 0) is 40.2 Å². The number of aryl methyl sites for hydroxylation is 1. The summed E-state index contributed by atoms with van der Waals surface area (Å²) < 4.78 is 10.9. The van der Waals surface area contributed by atoms with Gasteiger partial charge in [0.1, 0.15) is 5.60 Å². The number of carbonyl (C=O) groups excluding carboxylic acids is 1. The number of hydrogen-bond donors (Lipinski definition) is 1. The second-order valence-electron chi connectivity index (χ2n) is 4.75. The number of rotatable bonds is 7. The number of ether oxygens (including phenoxy) is 2. The lowest BCUT2D eigenvalue weighted by atomic mass is 10.0. The molecule has 1 amide bonds. The normalized spacial score (nSPS) is 13.7. The Bertz CT molecular complexity index is 462. The van der Waals surface area contributed by atoms with Crippen molar-refractivity contribution < 1.29 is 14.3 Å². The van der Waals surface area contributed by atoms with Crippen LogP contribution in [0.5, 0.6) is 5.88 Å². The Morgan fingerprint density at radius 3 is 2.55 bits per heavy atom. The number of amides is 1. The van der Waals surface area contributed by atoms with Gasteiger partial charge in [-0.25, -0.2) is 4.98 Å². The van der Waals surface area contributed by atoms with Gasteiger partial charge in [-0.3, -0.25) is 4.79 Å². The first kappa shape index (κ1) is 16.4. The van der Waals surface area contributed by atoms with Gasteiger partial charge in [0.05, 0.1) is 18.5 Å². The molecule has 0 bridgehead atoms. The molecule has 0 saturated heterocycles. The molecule has 5 nitrogen and oxygen atoms in total. The maximum Gasteiger partial charge on any atom is 0.256 e. The zero-order chi connectivity index (χ0) is 15.2. The number of nitrogens with one attached hydrogen (secondary N) is 1. The molecule has 1 N–H and O–H groups in total. The SMILES string of the molecule is CCOc1ncc(NC(=O)C(C)(CC)OCC)cc1C. The second kappa shape index (κ2) is 7.24.